The first-order valence-corrected chi connectivity index (χ1v) is 2.73. The Morgan fingerprint density at radius 1 is 1.22 bits per heavy atom. The molecule has 2 nitrogen and oxygen atoms in total. The van der Waals surface area contributed by atoms with Gasteiger partial charge in [0.15, 0.2) is 0 Å². The van der Waals surface area contributed by atoms with Crippen molar-refractivity contribution < 1.29 is 0 Å². The average Bonchev–Trinajstić information content (AvgIpc) is 1.90. The summed E-state index contributed by atoms with van der Waals surface area (Å²) in [5.74, 6) is 0. The van der Waals surface area contributed by atoms with E-state index in [2.05, 4.69) is 5.18 Å². The number of rotatable bonds is 1. The second-order valence-corrected chi connectivity index (χ2v) is 1.93. The van der Waals surface area contributed by atoms with Crippen molar-refractivity contribution in [1.82, 2.24) is 0 Å². The summed E-state index contributed by atoms with van der Waals surface area (Å²) >= 11 is 0. The molecule has 0 saturated carbocycles. The molecule has 0 bridgehead atoms. The van der Waals surface area contributed by atoms with E-state index in [4.69, 9.17) is 0 Å². The zero-order valence-electron chi connectivity index (χ0n) is 5.16. The second kappa shape index (κ2) is 2.40. The molecular formula is C7H7NO. The molecular weight excluding hydrogens is 114 g/mol. The van der Waals surface area contributed by atoms with Crippen LogP contribution in [0, 0.1) is 11.8 Å². The van der Waals surface area contributed by atoms with Gasteiger partial charge in [-0.15, -0.1) is 4.91 Å². The fraction of sp³-hybridized carbons (Fsp3) is 0.143. The van der Waals surface area contributed by atoms with Crippen molar-refractivity contribution in [3.8, 4) is 0 Å². The zero-order valence-corrected chi connectivity index (χ0v) is 5.16. The summed E-state index contributed by atoms with van der Waals surface area (Å²) in [5.41, 5.74) is 1.63. The quantitative estimate of drug-likeness (QED) is 0.524. The van der Waals surface area contributed by atoms with Crippen LogP contribution < -0.4 is 0 Å². The first-order valence-electron chi connectivity index (χ1n) is 2.73. The van der Waals surface area contributed by atoms with Gasteiger partial charge in [0.25, 0.3) is 0 Å². The molecule has 0 amide bonds. The minimum atomic E-state index is 0.487. The van der Waals surface area contributed by atoms with Crippen LogP contribution in [0.1, 0.15) is 5.56 Å². The van der Waals surface area contributed by atoms with E-state index in [1.165, 1.54) is 0 Å². The Labute approximate surface area is 53.5 Å². The molecule has 0 aliphatic heterocycles. The Kier molecular flexibility index (Phi) is 1.58. The van der Waals surface area contributed by atoms with Crippen molar-refractivity contribution >= 4 is 5.69 Å². The third kappa shape index (κ3) is 1.35. The molecule has 1 aromatic carbocycles. The lowest BCUT2D eigenvalue weighted by molar-refractivity contribution is 1.43. The average molecular weight is 121 g/mol. The minimum absolute atomic E-state index is 0.487. The van der Waals surface area contributed by atoms with Crippen LogP contribution in [0.25, 0.3) is 0 Å². The fourth-order valence-corrected chi connectivity index (χ4v) is 0.606. The molecule has 0 aromatic heterocycles. The van der Waals surface area contributed by atoms with Crippen molar-refractivity contribution in [3.63, 3.8) is 0 Å². The monoisotopic (exact) mass is 121 g/mol. The number of hydrogen-bond acceptors (Lipinski definition) is 2. The van der Waals surface area contributed by atoms with Crippen LogP contribution in [0.4, 0.5) is 5.69 Å². The molecule has 0 spiro atoms. The van der Waals surface area contributed by atoms with Crippen LogP contribution in [-0.2, 0) is 0 Å². The Morgan fingerprint density at radius 3 is 2.22 bits per heavy atom. The lowest BCUT2D eigenvalue weighted by Gasteiger charge is -1.88. The van der Waals surface area contributed by atoms with Crippen LogP contribution >= 0.6 is 0 Å². The number of benzene rings is 1. The maximum atomic E-state index is 9.87. The fourth-order valence-electron chi connectivity index (χ4n) is 0.606. The Hall–Kier alpha value is -1.18. The highest BCUT2D eigenvalue weighted by molar-refractivity contribution is 5.37. The molecule has 0 N–H and O–H groups in total. The van der Waals surface area contributed by atoms with Gasteiger partial charge in [0.05, 0.1) is 0 Å². The highest BCUT2D eigenvalue weighted by atomic mass is 16.3. The summed E-state index contributed by atoms with van der Waals surface area (Å²) in [6.07, 6.45) is 0. The smallest absolute Gasteiger partial charge is 0.108 e. The molecule has 9 heavy (non-hydrogen) atoms. The maximum Gasteiger partial charge on any atom is 0.108 e. The highest BCUT2D eigenvalue weighted by Crippen LogP contribution is 2.10. The number of nitroso groups, excluding NO2 is 1. The van der Waals surface area contributed by atoms with Crippen molar-refractivity contribution in [3.05, 3.63) is 34.7 Å². The molecule has 1 rings (SSSR count). The largest absolute Gasteiger partial charge is 0.145 e. The molecule has 46 valence electrons. The van der Waals surface area contributed by atoms with Gasteiger partial charge >= 0.3 is 0 Å². The van der Waals surface area contributed by atoms with Gasteiger partial charge in [-0.25, -0.2) is 0 Å². The SMILES string of the molecule is Cc1ccc(N=O)cc1. The molecule has 0 saturated heterocycles. The summed E-state index contributed by atoms with van der Waals surface area (Å²) in [6, 6.07) is 7.11. The summed E-state index contributed by atoms with van der Waals surface area (Å²) in [5, 5.41) is 2.76. The lowest BCUT2D eigenvalue weighted by Crippen LogP contribution is -1.66. The molecule has 2 heteroatoms. The van der Waals surface area contributed by atoms with Gasteiger partial charge in [-0.1, -0.05) is 17.7 Å². The molecule has 0 aliphatic rings. The number of hydrogen-bond donors (Lipinski definition) is 0. The predicted molar refractivity (Wildman–Crippen MR) is 36.6 cm³/mol. The molecule has 1 aromatic rings. The first kappa shape index (κ1) is 5.95. The van der Waals surface area contributed by atoms with E-state index in [-0.39, 0.29) is 0 Å². The van der Waals surface area contributed by atoms with E-state index >= 15 is 0 Å². The third-order valence-corrected chi connectivity index (χ3v) is 1.14. The summed E-state index contributed by atoms with van der Waals surface area (Å²) < 4.78 is 0. The van der Waals surface area contributed by atoms with E-state index in [1.807, 2.05) is 19.1 Å². The molecule has 0 atom stereocenters. The van der Waals surface area contributed by atoms with E-state index in [0.717, 1.165) is 5.56 Å². The first-order chi connectivity index (χ1) is 4.33. The Morgan fingerprint density at radius 2 is 1.78 bits per heavy atom. The Bertz CT molecular complexity index is 203. The third-order valence-electron chi connectivity index (χ3n) is 1.14. The van der Waals surface area contributed by atoms with Crippen LogP contribution in [0.5, 0.6) is 0 Å². The van der Waals surface area contributed by atoms with E-state index in [1.54, 1.807) is 12.1 Å². The van der Waals surface area contributed by atoms with Crippen molar-refractivity contribution in [1.29, 1.82) is 0 Å². The molecule has 0 unspecified atom stereocenters. The summed E-state index contributed by atoms with van der Waals surface area (Å²) in [4.78, 5) is 9.87. The molecule has 0 radical (unpaired) electrons. The van der Waals surface area contributed by atoms with Crippen LogP contribution in [0.15, 0.2) is 29.4 Å². The molecule has 0 heterocycles. The topological polar surface area (TPSA) is 29.4 Å². The van der Waals surface area contributed by atoms with Gasteiger partial charge in [0.2, 0.25) is 0 Å². The van der Waals surface area contributed by atoms with E-state index in [0.29, 0.717) is 5.69 Å². The normalized spacial score (nSPS) is 9.00. The lowest BCUT2D eigenvalue weighted by atomic mass is 10.2. The molecule has 0 aliphatic carbocycles. The second-order valence-electron chi connectivity index (χ2n) is 1.93. The molecule has 0 fully saturated rings. The maximum absolute atomic E-state index is 9.87. The van der Waals surface area contributed by atoms with Crippen molar-refractivity contribution in [2.45, 2.75) is 6.92 Å². The van der Waals surface area contributed by atoms with E-state index < -0.39 is 0 Å². The van der Waals surface area contributed by atoms with Gasteiger partial charge in [0.1, 0.15) is 5.69 Å². The number of nitrogens with zero attached hydrogens (tertiary/aromatic N) is 1. The summed E-state index contributed by atoms with van der Waals surface area (Å²) in [6.45, 7) is 1.97. The van der Waals surface area contributed by atoms with E-state index in [9.17, 15) is 4.91 Å². The van der Waals surface area contributed by atoms with Gasteiger partial charge < -0.3 is 0 Å². The van der Waals surface area contributed by atoms with Gasteiger partial charge in [-0.05, 0) is 24.2 Å². The predicted octanol–water partition coefficient (Wildman–Crippen LogP) is 2.39. The van der Waals surface area contributed by atoms with Gasteiger partial charge in [0, 0.05) is 0 Å². The zero-order chi connectivity index (χ0) is 6.69. The standard InChI is InChI=1S/C7H7NO/c1-6-2-4-7(8-9)5-3-6/h2-5H,1H3. The van der Waals surface area contributed by atoms with Gasteiger partial charge in [-0.2, -0.15) is 0 Å². The summed E-state index contributed by atoms with van der Waals surface area (Å²) in [7, 11) is 0. The minimum Gasteiger partial charge on any atom is -0.145 e. The van der Waals surface area contributed by atoms with Crippen LogP contribution in [-0.4, -0.2) is 0 Å². The van der Waals surface area contributed by atoms with Gasteiger partial charge in [-0.3, -0.25) is 0 Å². The van der Waals surface area contributed by atoms with Crippen molar-refractivity contribution in [2.24, 2.45) is 5.18 Å². The Balaban J connectivity index is 3.01. The number of aryl methyl sites for hydroxylation is 1. The van der Waals surface area contributed by atoms with Crippen LogP contribution in [0.3, 0.4) is 0 Å². The van der Waals surface area contributed by atoms with Crippen molar-refractivity contribution in [2.75, 3.05) is 0 Å². The van der Waals surface area contributed by atoms with Crippen LogP contribution in [0.2, 0.25) is 0 Å². The highest BCUT2D eigenvalue weighted by Gasteiger charge is 1.86.